The molecule has 0 aliphatic rings. The summed E-state index contributed by atoms with van der Waals surface area (Å²) >= 11 is 0. The molecular weight excluding hydrogens is 464 g/mol. The summed E-state index contributed by atoms with van der Waals surface area (Å²) in [6, 6.07) is 29.5. The summed E-state index contributed by atoms with van der Waals surface area (Å²) < 4.78 is 37.4. The number of nitrogens with one attached hydrogen (secondary N) is 1. The van der Waals surface area contributed by atoms with Crippen LogP contribution in [0.25, 0.3) is 10.8 Å². The molecule has 180 valence electrons. The highest BCUT2D eigenvalue weighted by atomic mass is 32.2. The van der Waals surface area contributed by atoms with E-state index in [1.165, 1.54) is 0 Å². The molecule has 4 rings (SSSR count). The molecule has 8 heteroatoms. The number of rotatable bonds is 10. The Kier molecular flexibility index (Phi) is 7.52. The van der Waals surface area contributed by atoms with Crippen molar-refractivity contribution in [3.63, 3.8) is 0 Å². The van der Waals surface area contributed by atoms with Crippen LogP contribution in [0, 0.1) is 0 Å². The summed E-state index contributed by atoms with van der Waals surface area (Å²) in [5, 5.41) is 4.78. The summed E-state index contributed by atoms with van der Waals surface area (Å²) in [6.45, 7) is 0.152. The Morgan fingerprint density at radius 2 is 1.49 bits per heavy atom. The first-order valence-corrected chi connectivity index (χ1v) is 12.9. The average Bonchev–Trinajstić information content (AvgIpc) is 2.86. The normalized spacial score (nSPS) is 11.1. The van der Waals surface area contributed by atoms with E-state index in [1.54, 1.807) is 24.3 Å². The van der Waals surface area contributed by atoms with Crippen molar-refractivity contribution in [2.24, 2.45) is 0 Å². The second kappa shape index (κ2) is 10.9. The third-order valence-electron chi connectivity index (χ3n) is 5.22. The monoisotopic (exact) mass is 490 g/mol. The van der Waals surface area contributed by atoms with Gasteiger partial charge < -0.3 is 14.8 Å². The van der Waals surface area contributed by atoms with E-state index in [0.29, 0.717) is 17.2 Å². The van der Waals surface area contributed by atoms with Gasteiger partial charge in [-0.1, -0.05) is 54.6 Å². The number of amides is 1. The highest BCUT2D eigenvalue weighted by Crippen LogP contribution is 2.26. The summed E-state index contributed by atoms with van der Waals surface area (Å²) in [4.78, 5) is 12.5. The maximum Gasteiger partial charge on any atom is 0.240 e. The largest absolute Gasteiger partial charge is 0.491 e. The fourth-order valence-corrected chi connectivity index (χ4v) is 4.42. The lowest BCUT2D eigenvalue weighted by Gasteiger charge is -2.22. The molecule has 0 saturated carbocycles. The van der Waals surface area contributed by atoms with Crippen molar-refractivity contribution >= 4 is 32.4 Å². The number of para-hydroxylation sites is 1. The number of carbonyl (C=O) groups excluding carboxylic acids is 1. The minimum Gasteiger partial charge on any atom is -0.491 e. The van der Waals surface area contributed by atoms with E-state index in [1.807, 2.05) is 72.8 Å². The Hall–Kier alpha value is -4.04. The first-order chi connectivity index (χ1) is 16.9. The molecule has 0 unspecified atom stereocenters. The zero-order valence-corrected chi connectivity index (χ0v) is 20.1. The summed E-state index contributed by atoms with van der Waals surface area (Å²) in [5.74, 6) is 1.53. The Morgan fingerprint density at radius 1 is 0.829 bits per heavy atom. The first kappa shape index (κ1) is 24.1. The van der Waals surface area contributed by atoms with Gasteiger partial charge in [0.25, 0.3) is 0 Å². The SMILES string of the molecule is CS(=O)(=O)N(CC(=O)NCCOc1cccc2ccccc12)c1ccc(Oc2ccccc2)cc1. The van der Waals surface area contributed by atoms with Crippen LogP contribution in [-0.2, 0) is 14.8 Å². The predicted molar refractivity (Wildman–Crippen MR) is 138 cm³/mol. The maximum atomic E-state index is 12.5. The van der Waals surface area contributed by atoms with E-state index < -0.39 is 15.9 Å². The molecule has 0 spiro atoms. The molecule has 0 radical (unpaired) electrons. The zero-order valence-electron chi connectivity index (χ0n) is 19.3. The van der Waals surface area contributed by atoms with Crippen LogP contribution in [-0.4, -0.2) is 40.3 Å². The molecule has 0 aliphatic heterocycles. The van der Waals surface area contributed by atoms with Crippen molar-refractivity contribution in [1.29, 1.82) is 0 Å². The van der Waals surface area contributed by atoms with Crippen molar-refractivity contribution in [3.05, 3.63) is 97.1 Å². The number of ether oxygens (including phenoxy) is 2. The van der Waals surface area contributed by atoms with Crippen LogP contribution >= 0.6 is 0 Å². The maximum absolute atomic E-state index is 12.5. The Labute approximate surface area is 205 Å². The highest BCUT2D eigenvalue weighted by Gasteiger charge is 2.21. The second-order valence-corrected chi connectivity index (χ2v) is 9.76. The average molecular weight is 491 g/mol. The molecule has 0 heterocycles. The van der Waals surface area contributed by atoms with Crippen molar-refractivity contribution in [1.82, 2.24) is 5.32 Å². The van der Waals surface area contributed by atoms with Crippen molar-refractivity contribution < 1.29 is 22.7 Å². The van der Waals surface area contributed by atoms with E-state index in [-0.39, 0.29) is 19.7 Å². The summed E-state index contributed by atoms with van der Waals surface area (Å²) in [6.07, 6.45) is 1.07. The number of hydrogen-bond donors (Lipinski definition) is 1. The van der Waals surface area contributed by atoms with Crippen molar-refractivity contribution in [3.8, 4) is 17.2 Å². The van der Waals surface area contributed by atoms with E-state index in [9.17, 15) is 13.2 Å². The third kappa shape index (κ3) is 6.51. The lowest BCUT2D eigenvalue weighted by molar-refractivity contribution is -0.119. The Balaban J connectivity index is 1.33. The van der Waals surface area contributed by atoms with Crippen molar-refractivity contribution in [2.75, 3.05) is 30.3 Å². The topological polar surface area (TPSA) is 84.9 Å². The van der Waals surface area contributed by atoms with Crippen LogP contribution in [0.1, 0.15) is 0 Å². The fraction of sp³-hybridized carbons (Fsp3) is 0.148. The Bertz CT molecular complexity index is 1390. The van der Waals surface area contributed by atoms with Gasteiger partial charge in [-0.2, -0.15) is 0 Å². The lowest BCUT2D eigenvalue weighted by Crippen LogP contribution is -2.41. The number of benzene rings is 4. The van der Waals surface area contributed by atoms with Crippen LogP contribution in [0.5, 0.6) is 17.2 Å². The summed E-state index contributed by atoms with van der Waals surface area (Å²) in [7, 11) is -3.68. The molecule has 1 N–H and O–H groups in total. The van der Waals surface area contributed by atoms with E-state index in [2.05, 4.69) is 5.32 Å². The van der Waals surface area contributed by atoms with Gasteiger partial charge in [0.1, 0.15) is 30.4 Å². The van der Waals surface area contributed by atoms with Gasteiger partial charge >= 0.3 is 0 Å². The van der Waals surface area contributed by atoms with E-state index in [4.69, 9.17) is 9.47 Å². The molecule has 7 nitrogen and oxygen atoms in total. The molecule has 0 fully saturated rings. The molecule has 0 atom stereocenters. The fourth-order valence-electron chi connectivity index (χ4n) is 3.56. The van der Waals surface area contributed by atoms with Gasteiger partial charge in [0.05, 0.1) is 18.5 Å². The minimum atomic E-state index is -3.68. The molecule has 0 aliphatic carbocycles. The number of fused-ring (bicyclic) bond motifs is 1. The van der Waals surface area contributed by atoms with E-state index in [0.717, 1.165) is 27.1 Å². The quantitative estimate of drug-likeness (QED) is 0.329. The van der Waals surface area contributed by atoms with Crippen LogP contribution in [0.3, 0.4) is 0 Å². The van der Waals surface area contributed by atoms with E-state index >= 15 is 0 Å². The molecule has 4 aromatic rings. The van der Waals surface area contributed by atoms with Gasteiger partial charge in [0.2, 0.25) is 15.9 Å². The third-order valence-corrected chi connectivity index (χ3v) is 6.36. The molecule has 4 aromatic carbocycles. The molecule has 35 heavy (non-hydrogen) atoms. The van der Waals surface area contributed by atoms with Crippen LogP contribution in [0.15, 0.2) is 97.1 Å². The molecule has 1 amide bonds. The summed E-state index contributed by atoms with van der Waals surface area (Å²) in [5.41, 5.74) is 0.370. The molecule has 0 aromatic heterocycles. The smallest absolute Gasteiger partial charge is 0.240 e. The second-order valence-electron chi connectivity index (χ2n) is 7.85. The van der Waals surface area contributed by atoms with Gasteiger partial charge in [0, 0.05) is 5.39 Å². The van der Waals surface area contributed by atoms with Crippen molar-refractivity contribution in [2.45, 2.75) is 0 Å². The number of hydrogen-bond acceptors (Lipinski definition) is 5. The zero-order chi connectivity index (χ0) is 24.7. The van der Waals surface area contributed by atoms with Crippen LogP contribution < -0.4 is 19.1 Å². The molecule has 0 bridgehead atoms. The highest BCUT2D eigenvalue weighted by molar-refractivity contribution is 7.92. The first-order valence-electron chi connectivity index (χ1n) is 11.1. The van der Waals surface area contributed by atoms with Crippen LogP contribution in [0.4, 0.5) is 5.69 Å². The van der Waals surface area contributed by atoms with Crippen LogP contribution in [0.2, 0.25) is 0 Å². The number of sulfonamides is 1. The number of nitrogens with zero attached hydrogens (tertiary/aromatic N) is 1. The predicted octanol–water partition coefficient (Wildman–Crippen LogP) is 4.59. The molecular formula is C27H26N2O5S. The Morgan fingerprint density at radius 3 is 2.23 bits per heavy atom. The molecule has 0 saturated heterocycles. The lowest BCUT2D eigenvalue weighted by atomic mass is 10.1. The van der Waals surface area contributed by atoms with Gasteiger partial charge in [-0.3, -0.25) is 9.10 Å². The number of anilines is 1. The van der Waals surface area contributed by atoms with Gasteiger partial charge in [-0.15, -0.1) is 0 Å². The van der Waals surface area contributed by atoms with Gasteiger partial charge in [-0.05, 0) is 47.9 Å². The standard InChI is InChI=1S/C27H26N2O5S/c1-35(31,32)29(22-14-16-24(17-15-22)34-23-10-3-2-4-11-23)20-27(30)28-18-19-33-26-13-7-9-21-8-5-6-12-25(21)26/h2-17H,18-20H2,1H3,(H,28,30). The van der Waals surface area contributed by atoms with Gasteiger partial charge in [-0.25, -0.2) is 8.42 Å². The number of carbonyl (C=O) groups is 1. The minimum absolute atomic E-state index is 0.240. The van der Waals surface area contributed by atoms with Gasteiger partial charge in [0.15, 0.2) is 0 Å².